The molecule has 1 saturated heterocycles. The third-order valence-electron chi connectivity index (χ3n) is 3.02. The summed E-state index contributed by atoms with van der Waals surface area (Å²) in [5.74, 6) is 0.118. The van der Waals surface area contributed by atoms with Crippen LogP contribution in [-0.4, -0.2) is 28.3 Å². The molecule has 1 atom stereocenters. The van der Waals surface area contributed by atoms with Gasteiger partial charge in [0.25, 0.3) is 0 Å². The molecule has 5 nitrogen and oxygen atoms in total. The van der Waals surface area contributed by atoms with E-state index < -0.39 is 0 Å². The van der Waals surface area contributed by atoms with Crippen molar-refractivity contribution < 1.29 is 4.79 Å². The molecule has 0 aromatic carbocycles. The van der Waals surface area contributed by atoms with Gasteiger partial charge < -0.3 is 10.6 Å². The van der Waals surface area contributed by atoms with Crippen molar-refractivity contribution in [2.45, 2.75) is 45.3 Å². The van der Waals surface area contributed by atoms with E-state index >= 15 is 0 Å². The van der Waals surface area contributed by atoms with Crippen molar-refractivity contribution in [3.8, 4) is 0 Å². The largest absolute Gasteiger partial charge is 0.355 e. The number of hydrogen-bond acceptors (Lipinski definition) is 3. The molecule has 1 aliphatic rings. The van der Waals surface area contributed by atoms with E-state index in [1.165, 1.54) is 0 Å². The van der Waals surface area contributed by atoms with Gasteiger partial charge in [-0.2, -0.15) is 5.10 Å². The molecule has 0 saturated carbocycles. The van der Waals surface area contributed by atoms with Gasteiger partial charge in [-0.05, 0) is 26.7 Å². The summed E-state index contributed by atoms with van der Waals surface area (Å²) in [4.78, 5) is 11.5. The van der Waals surface area contributed by atoms with Crippen molar-refractivity contribution in [2.24, 2.45) is 0 Å². The van der Waals surface area contributed by atoms with Crippen LogP contribution in [0.3, 0.4) is 0 Å². The van der Waals surface area contributed by atoms with Crippen LogP contribution in [0.2, 0.25) is 0 Å². The first-order valence-corrected chi connectivity index (χ1v) is 6.21. The van der Waals surface area contributed by atoms with Crippen molar-refractivity contribution in [1.82, 2.24) is 20.4 Å². The molecule has 1 fully saturated rings. The number of carbonyl (C=O) groups is 1. The van der Waals surface area contributed by atoms with Gasteiger partial charge in [0.1, 0.15) is 0 Å². The average Bonchev–Trinajstić information content (AvgIpc) is 2.77. The third kappa shape index (κ3) is 3.06. The first-order valence-electron chi connectivity index (χ1n) is 6.21. The molecular formula is C12H20N4O. The van der Waals surface area contributed by atoms with Gasteiger partial charge in [-0.15, -0.1) is 0 Å². The summed E-state index contributed by atoms with van der Waals surface area (Å²) in [6, 6.07) is 0.327. The molecule has 1 aromatic heterocycles. The second-order valence-corrected chi connectivity index (χ2v) is 4.79. The van der Waals surface area contributed by atoms with Gasteiger partial charge in [-0.3, -0.25) is 9.48 Å². The fraction of sp³-hybridized carbons (Fsp3) is 0.667. The lowest BCUT2D eigenvalue weighted by Gasteiger charge is -2.22. The zero-order chi connectivity index (χ0) is 12.3. The molecule has 2 heterocycles. The van der Waals surface area contributed by atoms with Crippen molar-refractivity contribution in [2.75, 3.05) is 6.54 Å². The van der Waals surface area contributed by atoms with E-state index in [0.717, 1.165) is 24.9 Å². The Bertz CT molecular complexity index is 386. The highest BCUT2D eigenvalue weighted by atomic mass is 16.2. The summed E-state index contributed by atoms with van der Waals surface area (Å²) >= 11 is 0. The Morgan fingerprint density at radius 2 is 2.47 bits per heavy atom. The van der Waals surface area contributed by atoms with Crippen LogP contribution in [-0.2, 0) is 11.3 Å². The van der Waals surface area contributed by atoms with Gasteiger partial charge in [0.05, 0.1) is 12.2 Å². The van der Waals surface area contributed by atoms with Crippen LogP contribution in [0.1, 0.15) is 38.3 Å². The number of carbonyl (C=O) groups excluding carboxylic acids is 1. The van der Waals surface area contributed by atoms with Gasteiger partial charge in [-0.25, -0.2) is 0 Å². The van der Waals surface area contributed by atoms with E-state index in [0.29, 0.717) is 12.6 Å². The number of aromatic nitrogens is 2. The van der Waals surface area contributed by atoms with Crippen molar-refractivity contribution in [1.29, 1.82) is 0 Å². The standard InChI is InChI=1S/C12H20N4O/c1-9(2)16-8-10(7-15-16)6-14-11-4-3-5-13-12(11)17/h7-9,11,14H,3-6H2,1-2H3,(H,13,17). The molecule has 0 bridgehead atoms. The number of amides is 1. The highest BCUT2D eigenvalue weighted by Gasteiger charge is 2.21. The molecule has 0 radical (unpaired) electrons. The van der Waals surface area contributed by atoms with E-state index in [-0.39, 0.29) is 11.9 Å². The summed E-state index contributed by atoms with van der Waals surface area (Å²) in [5, 5.41) is 10.4. The van der Waals surface area contributed by atoms with Crippen molar-refractivity contribution >= 4 is 5.91 Å². The summed E-state index contributed by atoms with van der Waals surface area (Å²) in [7, 11) is 0. The molecule has 1 unspecified atom stereocenters. The first kappa shape index (κ1) is 12.1. The second kappa shape index (κ2) is 5.31. The normalized spacial score (nSPS) is 20.6. The third-order valence-corrected chi connectivity index (χ3v) is 3.02. The zero-order valence-corrected chi connectivity index (χ0v) is 10.4. The second-order valence-electron chi connectivity index (χ2n) is 4.79. The van der Waals surface area contributed by atoms with Crippen LogP contribution >= 0.6 is 0 Å². The maximum atomic E-state index is 11.5. The Morgan fingerprint density at radius 1 is 1.65 bits per heavy atom. The first-order chi connectivity index (χ1) is 8.16. The molecule has 2 rings (SSSR count). The van der Waals surface area contributed by atoms with E-state index in [1.54, 1.807) is 0 Å². The summed E-state index contributed by atoms with van der Waals surface area (Å²) in [6.07, 6.45) is 5.85. The summed E-state index contributed by atoms with van der Waals surface area (Å²) < 4.78 is 1.93. The fourth-order valence-electron chi connectivity index (χ4n) is 1.96. The van der Waals surface area contributed by atoms with Gasteiger partial charge in [-0.1, -0.05) is 0 Å². The highest BCUT2D eigenvalue weighted by Crippen LogP contribution is 2.07. The summed E-state index contributed by atoms with van der Waals surface area (Å²) in [6.45, 7) is 5.70. The van der Waals surface area contributed by atoms with E-state index in [2.05, 4.69) is 29.6 Å². The predicted molar refractivity (Wildman–Crippen MR) is 65.5 cm³/mol. The zero-order valence-electron chi connectivity index (χ0n) is 10.4. The van der Waals surface area contributed by atoms with E-state index in [1.807, 2.05) is 17.1 Å². The van der Waals surface area contributed by atoms with Crippen molar-refractivity contribution in [3.63, 3.8) is 0 Å². The number of rotatable bonds is 4. The Labute approximate surface area is 102 Å². The molecule has 5 heteroatoms. The molecule has 1 aromatic rings. The number of hydrogen-bond donors (Lipinski definition) is 2. The van der Waals surface area contributed by atoms with Crippen LogP contribution < -0.4 is 10.6 Å². The molecule has 94 valence electrons. The number of nitrogens with one attached hydrogen (secondary N) is 2. The molecular weight excluding hydrogens is 216 g/mol. The lowest BCUT2D eigenvalue weighted by molar-refractivity contribution is -0.124. The molecule has 0 spiro atoms. The Kier molecular flexibility index (Phi) is 3.78. The lowest BCUT2D eigenvalue weighted by atomic mass is 10.1. The van der Waals surface area contributed by atoms with Gasteiger partial charge >= 0.3 is 0 Å². The molecule has 17 heavy (non-hydrogen) atoms. The minimum Gasteiger partial charge on any atom is -0.355 e. The fourth-order valence-corrected chi connectivity index (χ4v) is 1.96. The monoisotopic (exact) mass is 236 g/mol. The highest BCUT2D eigenvalue weighted by molar-refractivity contribution is 5.82. The average molecular weight is 236 g/mol. The van der Waals surface area contributed by atoms with Crippen molar-refractivity contribution in [3.05, 3.63) is 18.0 Å². The molecule has 0 aliphatic carbocycles. The Morgan fingerprint density at radius 3 is 3.12 bits per heavy atom. The van der Waals surface area contributed by atoms with Gasteiger partial charge in [0.15, 0.2) is 0 Å². The molecule has 2 N–H and O–H groups in total. The van der Waals surface area contributed by atoms with Crippen LogP contribution in [0.25, 0.3) is 0 Å². The Balaban J connectivity index is 1.86. The molecule has 1 aliphatic heterocycles. The quantitative estimate of drug-likeness (QED) is 0.814. The minimum absolute atomic E-state index is 0.0499. The van der Waals surface area contributed by atoms with E-state index in [9.17, 15) is 4.79 Å². The van der Waals surface area contributed by atoms with Crippen LogP contribution in [0.15, 0.2) is 12.4 Å². The molecule has 1 amide bonds. The number of nitrogens with zero attached hydrogens (tertiary/aromatic N) is 2. The lowest BCUT2D eigenvalue weighted by Crippen LogP contribution is -2.47. The smallest absolute Gasteiger partial charge is 0.237 e. The van der Waals surface area contributed by atoms with Crippen LogP contribution in [0.5, 0.6) is 0 Å². The van der Waals surface area contributed by atoms with E-state index in [4.69, 9.17) is 0 Å². The number of piperidine rings is 1. The Hall–Kier alpha value is -1.36. The maximum absolute atomic E-state index is 11.5. The topological polar surface area (TPSA) is 59.0 Å². The van der Waals surface area contributed by atoms with Crippen LogP contribution in [0.4, 0.5) is 0 Å². The van der Waals surface area contributed by atoms with Gasteiger partial charge in [0.2, 0.25) is 5.91 Å². The van der Waals surface area contributed by atoms with Gasteiger partial charge in [0, 0.05) is 30.9 Å². The minimum atomic E-state index is -0.0499. The predicted octanol–water partition coefficient (Wildman–Crippen LogP) is 0.832. The van der Waals surface area contributed by atoms with Crippen LogP contribution in [0, 0.1) is 0 Å². The summed E-state index contributed by atoms with van der Waals surface area (Å²) in [5.41, 5.74) is 1.12. The SMILES string of the molecule is CC(C)n1cc(CNC2CCCNC2=O)cn1. The maximum Gasteiger partial charge on any atom is 0.237 e.